The average Bonchev–Trinajstić information content (AvgIpc) is 2.82. The second kappa shape index (κ2) is 8.65. The molecule has 2 heteroatoms. The first kappa shape index (κ1) is 18.8. The molecule has 0 aliphatic carbocycles. The van der Waals surface area contributed by atoms with Gasteiger partial charge >= 0.3 is 0 Å². The van der Waals surface area contributed by atoms with Crippen LogP contribution in [0.3, 0.4) is 0 Å². The van der Waals surface area contributed by atoms with Gasteiger partial charge < -0.3 is 5.11 Å². The van der Waals surface area contributed by atoms with Crippen molar-refractivity contribution in [1.29, 1.82) is 0 Å². The van der Waals surface area contributed by atoms with Crippen LogP contribution in [0.4, 0.5) is 0 Å². The van der Waals surface area contributed by atoms with Crippen molar-refractivity contribution < 1.29 is 5.11 Å². The van der Waals surface area contributed by atoms with Crippen LogP contribution in [0.5, 0.6) is 0 Å². The lowest BCUT2D eigenvalue weighted by atomic mass is 9.16. The predicted octanol–water partition coefficient (Wildman–Crippen LogP) is 3.24. The number of hydrogen-bond donors (Lipinski definition) is 1. The molecule has 0 radical (unpaired) electrons. The van der Waals surface area contributed by atoms with Crippen molar-refractivity contribution in [3.63, 3.8) is 0 Å². The van der Waals surface area contributed by atoms with Gasteiger partial charge in [0.2, 0.25) is 0 Å². The Labute approximate surface area is 172 Å². The van der Waals surface area contributed by atoms with Crippen molar-refractivity contribution in [3.05, 3.63) is 126 Å². The Kier molecular flexibility index (Phi) is 5.61. The van der Waals surface area contributed by atoms with Crippen molar-refractivity contribution in [2.45, 2.75) is 6.61 Å². The maximum Gasteiger partial charge on any atom is 0.149 e. The molecule has 0 heterocycles. The van der Waals surface area contributed by atoms with Gasteiger partial charge in [-0.25, -0.2) is 0 Å². The van der Waals surface area contributed by atoms with Gasteiger partial charge in [-0.05, 0) is 17.7 Å². The zero-order valence-corrected chi connectivity index (χ0v) is 16.2. The standard InChI is InChI=1S/C27H22BO/c29-22-24-18-16-23(17-19-24)20-21-28(25-10-4-1-5-11-25,26-12-6-2-7-13-26)27-14-8-3-9-15-27/h1-19,29H,22H2/q-1. The van der Waals surface area contributed by atoms with Crippen LogP contribution in [0.2, 0.25) is 0 Å². The van der Waals surface area contributed by atoms with Crippen LogP contribution in [-0.2, 0) is 6.61 Å². The van der Waals surface area contributed by atoms with Crippen molar-refractivity contribution >= 4 is 22.5 Å². The summed E-state index contributed by atoms with van der Waals surface area (Å²) in [6.07, 6.45) is -1.46. The second-order valence-electron chi connectivity index (χ2n) is 7.22. The summed E-state index contributed by atoms with van der Waals surface area (Å²) in [5.74, 6) is 7.11. The van der Waals surface area contributed by atoms with Crippen LogP contribution in [0.25, 0.3) is 0 Å². The molecule has 0 saturated carbocycles. The summed E-state index contributed by atoms with van der Waals surface area (Å²) in [6.45, 7) is 0.0413. The quantitative estimate of drug-likeness (QED) is 0.430. The van der Waals surface area contributed by atoms with E-state index in [0.717, 1.165) is 11.1 Å². The molecular weight excluding hydrogens is 351 g/mol. The van der Waals surface area contributed by atoms with E-state index in [1.807, 2.05) is 42.5 Å². The number of hydrogen-bond acceptors (Lipinski definition) is 1. The highest BCUT2D eigenvalue weighted by atomic mass is 16.3. The SMILES string of the molecule is OCc1ccc(C#C[B-](c2ccccc2)(c2ccccc2)c2ccccc2)cc1. The Balaban J connectivity index is 1.97. The first-order valence-electron chi connectivity index (χ1n) is 9.88. The Morgan fingerprint density at radius 2 is 0.966 bits per heavy atom. The van der Waals surface area contributed by atoms with Gasteiger partial charge in [0.05, 0.1) is 6.61 Å². The summed E-state index contributed by atoms with van der Waals surface area (Å²) >= 11 is 0. The van der Waals surface area contributed by atoms with E-state index in [-0.39, 0.29) is 6.61 Å². The fourth-order valence-electron chi connectivity index (χ4n) is 3.94. The van der Waals surface area contributed by atoms with Crippen LogP contribution in [0.15, 0.2) is 115 Å². The molecule has 4 aromatic carbocycles. The molecule has 0 fully saturated rings. The van der Waals surface area contributed by atoms with E-state index in [1.54, 1.807) is 0 Å². The molecule has 0 unspecified atom stereocenters. The minimum atomic E-state index is -1.46. The Bertz CT molecular complexity index is 1010. The molecule has 4 aromatic rings. The van der Waals surface area contributed by atoms with Crippen molar-refractivity contribution in [2.24, 2.45) is 0 Å². The molecule has 0 saturated heterocycles. The summed E-state index contributed by atoms with van der Waals surface area (Å²) < 4.78 is 0. The summed E-state index contributed by atoms with van der Waals surface area (Å²) in [5.41, 5.74) is 5.43. The van der Waals surface area contributed by atoms with Gasteiger partial charge in [-0.1, -0.05) is 103 Å². The molecule has 0 amide bonds. The third-order valence-corrected chi connectivity index (χ3v) is 5.47. The Hall–Kier alpha value is -3.54. The van der Waals surface area contributed by atoms with Gasteiger partial charge in [-0.2, -0.15) is 16.4 Å². The fourth-order valence-corrected chi connectivity index (χ4v) is 3.94. The van der Waals surface area contributed by atoms with Gasteiger partial charge in [0.25, 0.3) is 0 Å². The third-order valence-electron chi connectivity index (χ3n) is 5.47. The normalized spacial score (nSPS) is 10.8. The van der Waals surface area contributed by atoms with E-state index in [1.165, 1.54) is 16.4 Å². The van der Waals surface area contributed by atoms with E-state index >= 15 is 0 Å². The van der Waals surface area contributed by atoms with Crippen LogP contribution >= 0.6 is 0 Å². The van der Waals surface area contributed by atoms with E-state index in [0.29, 0.717) is 0 Å². The molecule has 0 spiro atoms. The zero-order chi connectivity index (χ0) is 19.9. The maximum absolute atomic E-state index is 9.30. The van der Waals surface area contributed by atoms with Gasteiger partial charge in [0.15, 0.2) is 0 Å². The highest BCUT2D eigenvalue weighted by Gasteiger charge is 2.27. The predicted molar refractivity (Wildman–Crippen MR) is 123 cm³/mol. The minimum Gasteiger partial charge on any atom is -0.392 e. The highest BCUT2D eigenvalue weighted by molar-refractivity contribution is 7.16. The van der Waals surface area contributed by atoms with E-state index in [2.05, 4.69) is 84.5 Å². The second-order valence-corrected chi connectivity index (χ2v) is 7.22. The molecule has 4 rings (SSSR count). The smallest absolute Gasteiger partial charge is 0.149 e. The summed E-state index contributed by atoms with van der Waals surface area (Å²) in [4.78, 5) is 0. The zero-order valence-electron chi connectivity index (χ0n) is 16.2. The largest absolute Gasteiger partial charge is 0.392 e. The molecule has 0 aliphatic rings. The van der Waals surface area contributed by atoms with E-state index in [4.69, 9.17) is 0 Å². The van der Waals surface area contributed by atoms with Gasteiger partial charge in [0.1, 0.15) is 6.15 Å². The monoisotopic (exact) mass is 373 g/mol. The van der Waals surface area contributed by atoms with Crippen LogP contribution in [0, 0.1) is 11.7 Å². The number of aliphatic hydroxyl groups excluding tert-OH is 1. The lowest BCUT2D eigenvalue weighted by Gasteiger charge is -2.38. The van der Waals surface area contributed by atoms with Crippen LogP contribution in [-0.4, -0.2) is 11.3 Å². The van der Waals surface area contributed by atoms with Crippen molar-refractivity contribution in [1.82, 2.24) is 0 Å². The first-order chi connectivity index (χ1) is 14.3. The number of rotatable bonds is 4. The molecule has 0 bridgehead atoms. The minimum absolute atomic E-state index is 0.0413. The molecular formula is C27H22BO-. The van der Waals surface area contributed by atoms with E-state index < -0.39 is 6.15 Å². The van der Waals surface area contributed by atoms with Crippen molar-refractivity contribution in [2.75, 3.05) is 0 Å². The highest BCUT2D eigenvalue weighted by Crippen LogP contribution is 2.09. The molecule has 0 atom stereocenters. The molecule has 0 aliphatic heterocycles. The van der Waals surface area contributed by atoms with Crippen molar-refractivity contribution in [3.8, 4) is 11.7 Å². The molecule has 1 nitrogen and oxygen atoms in total. The molecule has 0 aromatic heterocycles. The first-order valence-corrected chi connectivity index (χ1v) is 9.88. The average molecular weight is 373 g/mol. The molecule has 29 heavy (non-hydrogen) atoms. The van der Waals surface area contributed by atoms with E-state index in [9.17, 15) is 5.11 Å². The molecule has 140 valence electrons. The Morgan fingerprint density at radius 1 is 0.552 bits per heavy atom. The van der Waals surface area contributed by atoms with Gasteiger partial charge in [0, 0.05) is 5.56 Å². The summed E-state index contributed by atoms with van der Waals surface area (Å²) in [7, 11) is 0. The third kappa shape index (κ3) is 3.87. The van der Waals surface area contributed by atoms with Gasteiger partial charge in [-0.15, -0.1) is 5.92 Å². The molecule has 1 N–H and O–H groups in total. The van der Waals surface area contributed by atoms with Crippen LogP contribution in [0.1, 0.15) is 11.1 Å². The number of benzene rings is 4. The van der Waals surface area contributed by atoms with Gasteiger partial charge in [-0.3, -0.25) is 5.82 Å². The lowest BCUT2D eigenvalue weighted by Crippen LogP contribution is -2.66. The topological polar surface area (TPSA) is 20.2 Å². The maximum atomic E-state index is 9.30. The fraction of sp³-hybridized carbons (Fsp3) is 0.0370. The number of aliphatic hydroxyl groups is 1. The summed E-state index contributed by atoms with van der Waals surface area (Å²) in [5, 5.41) is 9.30. The van der Waals surface area contributed by atoms with Crippen LogP contribution < -0.4 is 16.4 Å². The lowest BCUT2D eigenvalue weighted by molar-refractivity contribution is 0.282. The Morgan fingerprint density at radius 3 is 1.34 bits per heavy atom. The summed E-state index contributed by atoms with van der Waals surface area (Å²) in [6, 6.07) is 39.4.